The summed E-state index contributed by atoms with van der Waals surface area (Å²) >= 11 is 0. The molecule has 7 heteroatoms. The van der Waals surface area contributed by atoms with Gasteiger partial charge in [0.25, 0.3) is 0 Å². The van der Waals surface area contributed by atoms with Gasteiger partial charge in [-0.05, 0) is 19.3 Å². The number of primary amides is 1. The first-order valence-electron chi connectivity index (χ1n) is 6.58. The van der Waals surface area contributed by atoms with Gasteiger partial charge in [0.1, 0.15) is 5.41 Å². The summed E-state index contributed by atoms with van der Waals surface area (Å²) in [7, 11) is 0. The number of amides is 2. The molecule has 5 N–H and O–H groups in total. The Hall–Kier alpha value is -1.79. The molecule has 2 fully saturated rings. The van der Waals surface area contributed by atoms with E-state index in [2.05, 4.69) is 5.16 Å². The summed E-state index contributed by atoms with van der Waals surface area (Å²) < 4.78 is 0. The van der Waals surface area contributed by atoms with Crippen molar-refractivity contribution in [2.45, 2.75) is 32.1 Å². The largest absolute Gasteiger partial charge is 0.409 e. The first-order chi connectivity index (χ1) is 9.01. The third-order valence-corrected chi connectivity index (χ3v) is 4.34. The lowest BCUT2D eigenvalue weighted by Crippen LogP contribution is -2.49. The zero-order chi connectivity index (χ0) is 14.0. The monoisotopic (exact) mass is 268 g/mol. The molecule has 1 heterocycles. The summed E-state index contributed by atoms with van der Waals surface area (Å²) in [6.45, 7) is 0.849. The molecule has 0 bridgehead atoms. The molecule has 2 rings (SSSR count). The molecular formula is C12H20N4O3. The van der Waals surface area contributed by atoms with E-state index < -0.39 is 5.41 Å². The van der Waals surface area contributed by atoms with Crippen LogP contribution < -0.4 is 11.5 Å². The maximum absolute atomic E-state index is 12.6. The average Bonchev–Trinajstić information content (AvgIpc) is 3.06. The molecule has 2 amide bonds. The van der Waals surface area contributed by atoms with Gasteiger partial charge in [-0.25, -0.2) is 0 Å². The summed E-state index contributed by atoms with van der Waals surface area (Å²) in [4.78, 5) is 25.4. The number of amidine groups is 1. The van der Waals surface area contributed by atoms with E-state index in [1.54, 1.807) is 4.90 Å². The molecule has 0 spiro atoms. The molecule has 19 heavy (non-hydrogen) atoms. The Balaban J connectivity index is 2.16. The van der Waals surface area contributed by atoms with Gasteiger partial charge in [0, 0.05) is 13.1 Å². The second-order valence-corrected chi connectivity index (χ2v) is 5.41. The Morgan fingerprint density at radius 2 is 1.89 bits per heavy atom. The second-order valence-electron chi connectivity index (χ2n) is 5.41. The minimum Gasteiger partial charge on any atom is -0.409 e. The molecule has 0 radical (unpaired) electrons. The molecule has 1 aliphatic heterocycles. The Bertz CT molecular complexity index is 415. The highest BCUT2D eigenvalue weighted by Crippen LogP contribution is 2.41. The van der Waals surface area contributed by atoms with Crippen LogP contribution >= 0.6 is 0 Å². The van der Waals surface area contributed by atoms with E-state index in [9.17, 15) is 9.59 Å². The summed E-state index contributed by atoms with van der Waals surface area (Å²) in [5.41, 5.74) is 10.1. The molecular weight excluding hydrogens is 248 g/mol. The van der Waals surface area contributed by atoms with Crippen LogP contribution in [0.5, 0.6) is 0 Å². The van der Waals surface area contributed by atoms with Gasteiger partial charge < -0.3 is 21.6 Å². The molecule has 0 aromatic heterocycles. The highest BCUT2D eigenvalue weighted by Gasteiger charge is 2.48. The van der Waals surface area contributed by atoms with E-state index >= 15 is 0 Å². The summed E-state index contributed by atoms with van der Waals surface area (Å²) in [5, 5.41) is 12.0. The van der Waals surface area contributed by atoms with Gasteiger partial charge in [-0.3, -0.25) is 9.59 Å². The van der Waals surface area contributed by atoms with E-state index in [-0.39, 0.29) is 23.6 Å². The summed E-state index contributed by atoms with van der Waals surface area (Å²) in [5.74, 6) is -0.809. The third-order valence-electron chi connectivity index (χ3n) is 4.34. The van der Waals surface area contributed by atoms with Crippen LogP contribution in [0.2, 0.25) is 0 Å². The molecule has 0 aromatic carbocycles. The van der Waals surface area contributed by atoms with Crippen LogP contribution in [-0.4, -0.2) is 40.8 Å². The van der Waals surface area contributed by atoms with Crippen molar-refractivity contribution in [2.24, 2.45) is 28.0 Å². The predicted molar refractivity (Wildman–Crippen MR) is 68.2 cm³/mol. The minimum atomic E-state index is -0.888. The maximum Gasteiger partial charge on any atom is 0.236 e. The number of hydrogen-bond donors (Lipinski definition) is 3. The Morgan fingerprint density at radius 3 is 2.37 bits per heavy atom. The lowest BCUT2D eigenvalue weighted by atomic mass is 9.83. The topological polar surface area (TPSA) is 122 Å². The fourth-order valence-corrected chi connectivity index (χ4v) is 3.13. The zero-order valence-corrected chi connectivity index (χ0v) is 10.8. The van der Waals surface area contributed by atoms with Gasteiger partial charge in [0.05, 0.1) is 5.92 Å². The van der Waals surface area contributed by atoms with Crippen LogP contribution in [0.3, 0.4) is 0 Å². The molecule has 1 atom stereocenters. The van der Waals surface area contributed by atoms with Crippen molar-refractivity contribution in [3.63, 3.8) is 0 Å². The number of likely N-dealkylation sites (tertiary alicyclic amines) is 1. The fourth-order valence-electron chi connectivity index (χ4n) is 3.13. The van der Waals surface area contributed by atoms with E-state index in [1.165, 1.54) is 0 Å². The van der Waals surface area contributed by atoms with E-state index in [4.69, 9.17) is 16.7 Å². The lowest BCUT2D eigenvalue weighted by molar-refractivity contribution is -0.137. The van der Waals surface area contributed by atoms with Crippen molar-refractivity contribution in [3.05, 3.63) is 0 Å². The zero-order valence-electron chi connectivity index (χ0n) is 10.8. The molecule has 1 saturated carbocycles. The Morgan fingerprint density at radius 1 is 1.26 bits per heavy atom. The van der Waals surface area contributed by atoms with Crippen LogP contribution in [0.25, 0.3) is 0 Å². The molecule has 7 nitrogen and oxygen atoms in total. The second kappa shape index (κ2) is 5.07. The van der Waals surface area contributed by atoms with Crippen LogP contribution in [0.15, 0.2) is 5.16 Å². The molecule has 0 aromatic rings. The number of hydrogen-bond acceptors (Lipinski definition) is 4. The highest BCUT2D eigenvalue weighted by molar-refractivity contribution is 6.07. The first-order valence-corrected chi connectivity index (χ1v) is 6.58. The molecule has 1 saturated heterocycles. The van der Waals surface area contributed by atoms with Crippen LogP contribution in [0.1, 0.15) is 32.1 Å². The number of rotatable bonds is 3. The number of nitrogens with zero attached hydrogens (tertiary/aromatic N) is 2. The molecule has 1 aliphatic carbocycles. The molecule has 1 unspecified atom stereocenters. The van der Waals surface area contributed by atoms with Gasteiger partial charge in [0.15, 0.2) is 5.84 Å². The van der Waals surface area contributed by atoms with Crippen molar-refractivity contribution in [2.75, 3.05) is 13.1 Å². The van der Waals surface area contributed by atoms with Crippen LogP contribution in [0, 0.1) is 11.3 Å². The van der Waals surface area contributed by atoms with Gasteiger partial charge in [-0.1, -0.05) is 18.0 Å². The number of carbonyl (C=O) groups is 2. The lowest BCUT2D eigenvalue weighted by Gasteiger charge is -2.31. The van der Waals surface area contributed by atoms with E-state index in [0.29, 0.717) is 32.4 Å². The molecule has 106 valence electrons. The average molecular weight is 268 g/mol. The van der Waals surface area contributed by atoms with Gasteiger partial charge >= 0.3 is 0 Å². The normalized spacial score (nSPS) is 26.6. The van der Waals surface area contributed by atoms with E-state index in [1.807, 2.05) is 0 Å². The Labute approximate surface area is 111 Å². The van der Waals surface area contributed by atoms with Crippen molar-refractivity contribution in [3.8, 4) is 0 Å². The Kier molecular flexibility index (Phi) is 3.64. The van der Waals surface area contributed by atoms with Crippen molar-refractivity contribution in [1.82, 2.24) is 4.90 Å². The SMILES string of the molecule is NC(=O)C1CCN(C(=O)C2(C(N)=NO)CCCC2)C1. The van der Waals surface area contributed by atoms with Crippen molar-refractivity contribution in [1.29, 1.82) is 0 Å². The van der Waals surface area contributed by atoms with Crippen LogP contribution in [0.4, 0.5) is 0 Å². The maximum atomic E-state index is 12.6. The number of oxime groups is 1. The fraction of sp³-hybridized carbons (Fsp3) is 0.750. The first kappa shape index (κ1) is 13.6. The van der Waals surface area contributed by atoms with Crippen molar-refractivity contribution >= 4 is 17.6 Å². The van der Waals surface area contributed by atoms with Gasteiger partial charge in [-0.15, -0.1) is 0 Å². The van der Waals surface area contributed by atoms with Crippen LogP contribution in [-0.2, 0) is 9.59 Å². The number of carbonyl (C=O) groups excluding carboxylic acids is 2. The molecule has 2 aliphatic rings. The van der Waals surface area contributed by atoms with Crippen molar-refractivity contribution < 1.29 is 14.8 Å². The van der Waals surface area contributed by atoms with E-state index in [0.717, 1.165) is 12.8 Å². The summed E-state index contributed by atoms with van der Waals surface area (Å²) in [6.07, 6.45) is 3.55. The number of nitrogens with two attached hydrogens (primary N) is 2. The smallest absolute Gasteiger partial charge is 0.236 e. The highest BCUT2D eigenvalue weighted by atomic mass is 16.4. The summed E-state index contributed by atoms with van der Waals surface area (Å²) in [6, 6.07) is 0. The standard InChI is InChI=1S/C12H20N4O3/c13-9(17)8-3-6-16(7-8)11(18)12(10(14)15-19)4-1-2-5-12/h8,19H,1-7H2,(H2,13,17)(H2,14,15). The minimum absolute atomic E-state index is 0.0162. The predicted octanol–water partition coefficient (Wildman–Crippen LogP) is -0.373. The third kappa shape index (κ3) is 2.24. The van der Waals surface area contributed by atoms with Gasteiger partial charge in [0.2, 0.25) is 11.8 Å². The quantitative estimate of drug-likeness (QED) is 0.279. The van der Waals surface area contributed by atoms with Gasteiger partial charge in [-0.2, -0.15) is 0 Å².